The Hall–Kier alpha value is -3.06. The van der Waals surface area contributed by atoms with E-state index in [2.05, 4.69) is 35.6 Å². The number of aromatic nitrogens is 5. The maximum Gasteiger partial charge on any atom is 0.241 e. The molecule has 0 amide bonds. The number of nitrogens with zero attached hydrogens (tertiary/aromatic N) is 6. The lowest BCUT2D eigenvalue weighted by molar-refractivity contribution is 0.260. The average molecular weight is 334 g/mol. The second-order valence-electron chi connectivity index (χ2n) is 5.89. The van der Waals surface area contributed by atoms with Crippen molar-refractivity contribution in [1.82, 2.24) is 29.6 Å². The van der Waals surface area contributed by atoms with E-state index in [0.29, 0.717) is 24.0 Å². The molecule has 0 radical (unpaired) electrons. The van der Waals surface area contributed by atoms with Crippen molar-refractivity contribution in [3.63, 3.8) is 0 Å². The monoisotopic (exact) mass is 334 g/mol. The molecular weight excluding hydrogens is 316 g/mol. The molecule has 0 N–H and O–H groups in total. The number of para-hydroxylation sites is 2. The summed E-state index contributed by atoms with van der Waals surface area (Å²) in [4.78, 5) is 15.2. The molecule has 0 unspecified atom stereocenters. The third-order valence-electron chi connectivity index (χ3n) is 4.02. The van der Waals surface area contributed by atoms with E-state index in [0.717, 1.165) is 24.1 Å². The summed E-state index contributed by atoms with van der Waals surface area (Å²) in [6.45, 7) is 2.28. The fourth-order valence-electron chi connectivity index (χ4n) is 2.70. The highest BCUT2D eigenvalue weighted by Gasteiger charge is 2.11. The molecule has 0 spiro atoms. The van der Waals surface area contributed by atoms with E-state index in [9.17, 15) is 0 Å². The number of fused-ring (bicyclic) bond motifs is 1. The van der Waals surface area contributed by atoms with E-state index in [1.807, 2.05) is 49.8 Å². The molecule has 25 heavy (non-hydrogen) atoms. The van der Waals surface area contributed by atoms with Gasteiger partial charge < -0.3 is 9.09 Å². The lowest BCUT2D eigenvalue weighted by atomic mass is 10.3. The molecule has 126 valence electrons. The van der Waals surface area contributed by atoms with Crippen molar-refractivity contribution in [2.45, 2.75) is 13.1 Å². The van der Waals surface area contributed by atoms with E-state index in [4.69, 9.17) is 4.52 Å². The molecule has 3 heterocycles. The van der Waals surface area contributed by atoms with Crippen LogP contribution in [0.5, 0.6) is 0 Å². The smallest absolute Gasteiger partial charge is 0.241 e. The molecule has 0 saturated heterocycles. The Bertz CT molecular complexity index is 962. The van der Waals surface area contributed by atoms with Gasteiger partial charge >= 0.3 is 0 Å². The largest absolute Gasteiger partial charge is 0.337 e. The van der Waals surface area contributed by atoms with Crippen molar-refractivity contribution in [3.05, 3.63) is 60.9 Å². The summed E-state index contributed by atoms with van der Waals surface area (Å²) in [6, 6.07) is 13.8. The minimum Gasteiger partial charge on any atom is -0.337 e. The number of hydrogen-bond donors (Lipinski definition) is 0. The molecule has 0 aliphatic rings. The van der Waals surface area contributed by atoms with Gasteiger partial charge in [0.15, 0.2) is 0 Å². The summed E-state index contributed by atoms with van der Waals surface area (Å²) in [5, 5.41) is 4.00. The second kappa shape index (κ2) is 6.82. The van der Waals surface area contributed by atoms with Crippen LogP contribution in [0.15, 0.2) is 59.5 Å². The first-order chi connectivity index (χ1) is 12.3. The average Bonchev–Trinajstić information content (AvgIpc) is 3.28. The molecule has 0 aliphatic heterocycles. The Kier molecular flexibility index (Phi) is 4.22. The number of pyridine rings is 1. The molecule has 3 aromatic heterocycles. The predicted molar refractivity (Wildman–Crippen MR) is 93.6 cm³/mol. The predicted octanol–water partition coefficient (Wildman–Crippen LogP) is 2.61. The lowest BCUT2D eigenvalue weighted by Crippen LogP contribution is -2.22. The first-order valence-corrected chi connectivity index (χ1v) is 8.12. The molecule has 7 heteroatoms. The normalized spacial score (nSPS) is 11.4. The van der Waals surface area contributed by atoms with Crippen LogP contribution in [0.25, 0.3) is 22.6 Å². The minimum atomic E-state index is 0.518. The molecule has 4 aromatic rings. The van der Waals surface area contributed by atoms with E-state index in [1.54, 1.807) is 6.20 Å². The van der Waals surface area contributed by atoms with Crippen LogP contribution in [0.4, 0.5) is 0 Å². The highest BCUT2D eigenvalue weighted by Crippen LogP contribution is 2.14. The van der Waals surface area contributed by atoms with Gasteiger partial charge in [0.2, 0.25) is 11.7 Å². The van der Waals surface area contributed by atoms with Crippen molar-refractivity contribution < 1.29 is 4.52 Å². The van der Waals surface area contributed by atoms with E-state index < -0.39 is 0 Å². The molecule has 4 rings (SSSR count). The molecule has 7 nitrogen and oxygen atoms in total. The number of benzene rings is 1. The maximum atomic E-state index is 5.34. The summed E-state index contributed by atoms with van der Waals surface area (Å²) < 4.78 is 7.49. The summed E-state index contributed by atoms with van der Waals surface area (Å²) in [5.74, 6) is 1.10. The zero-order valence-corrected chi connectivity index (χ0v) is 13.9. The summed E-state index contributed by atoms with van der Waals surface area (Å²) in [5.41, 5.74) is 2.87. The van der Waals surface area contributed by atoms with Gasteiger partial charge in [-0.05, 0) is 31.3 Å². The van der Waals surface area contributed by atoms with Crippen LogP contribution in [0.2, 0.25) is 0 Å². The zero-order chi connectivity index (χ0) is 17.1. The van der Waals surface area contributed by atoms with Crippen molar-refractivity contribution >= 4 is 11.0 Å². The van der Waals surface area contributed by atoms with Crippen molar-refractivity contribution in [2.24, 2.45) is 0 Å². The van der Waals surface area contributed by atoms with Crippen molar-refractivity contribution in [3.8, 4) is 11.5 Å². The highest BCUT2D eigenvalue weighted by molar-refractivity contribution is 5.74. The van der Waals surface area contributed by atoms with Gasteiger partial charge in [0.05, 0.1) is 23.9 Å². The highest BCUT2D eigenvalue weighted by atomic mass is 16.5. The zero-order valence-electron chi connectivity index (χ0n) is 13.9. The molecule has 0 atom stereocenters. The van der Waals surface area contributed by atoms with Crippen LogP contribution in [0, 0.1) is 0 Å². The Balaban J connectivity index is 1.38. The van der Waals surface area contributed by atoms with Crippen LogP contribution >= 0.6 is 0 Å². The Labute approximate surface area is 144 Å². The third-order valence-corrected chi connectivity index (χ3v) is 4.02. The molecule has 0 saturated carbocycles. The van der Waals surface area contributed by atoms with Gasteiger partial charge in [-0.2, -0.15) is 4.98 Å². The molecular formula is C18H18N6O. The SMILES string of the molecule is CN(CCn1cnc2ccccc21)Cc1nc(-c2ccccn2)no1. The fraction of sp³-hybridized carbons (Fsp3) is 0.222. The van der Waals surface area contributed by atoms with Crippen LogP contribution < -0.4 is 0 Å². The standard InChI is InChI=1S/C18H18N6O/c1-23(10-11-24-13-20-14-6-2-3-8-16(14)24)12-17-21-18(22-25-17)15-7-4-5-9-19-15/h2-9,13H,10-12H2,1H3. The van der Waals surface area contributed by atoms with Gasteiger partial charge in [-0.25, -0.2) is 4.98 Å². The number of likely N-dealkylation sites (N-methyl/N-ethyl adjacent to an activating group) is 1. The molecule has 0 aliphatic carbocycles. The Morgan fingerprint density at radius 3 is 2.84 bits per heavy atom. The third kappa shape index (κ3) is 3.41. The first kappa shape index (κ1) is 15.5. The van der Waals surface area contributed by atoms with Gasteiger partial charge in [0.25, 0.3) is 0 Å². The minimum absolute atomic E-state index is 0.518. The van der Waals surface area contributed by atoms with Crippen LogP contribution in [0.1, 0.15) is 5.89 Å². The number of rotatable bonds is 6. The number of imidazole rings is 1. The van der Waals surface area contributed by atoms with Crippen LogP contribution in [-0.2, 0) is 13.1 Å². The van der Waals surface area contributed by atoms with Gasteiger partial charge in [-0.15, -0.1) is 0 Å². The fourth-order valence-corrected chi connectivity index (χ4v) is 2.70. The van der Waals surface area contributed by atoms with Gasteiger partial charge in [-0.1, -0.05) is 23.4 Å². The van der Waals surface area contributed by atoms with Crippen LogP contribution in [0.3, 0.4) is 0 Å². The van der Waals surface area contributed by atoms with E-state index in [-0.39, 0.29) is 0 Å². The lowest BCUT2D eigenvalue weighted by Gasteiger charge is -2.14. The Morgan fingerprint density at radius 1 is 1.08 bits per heavy atom. The first-order valence-electron chi connectivity index (χ1n) is 8.12. The Morgan fingerprint density at radius 2 is 1.96 bits per heavy atom. The summed E-state index contributed by atoms with van der Waals surface area (Å²) in [7, 11) is 2.03. The number of hydrogen-bond acceptors (Lipinski definition) is 6. The van der Waals surface area contributed by atoms with Crippen LogP contribution in [-0.4, -0.2) is 43.2 Å². The topological polar surface area (TPSA) is 72.9 Å². The van der Waals surface area contributed by atoms with E-state index >= 15 is 0 Å². The summed E-state index contributed by atoms with van der Waals surface area (Å²) >= 11 is 0. The second-order valence-corrected chi connectivity index (χ2v) is 5.89. The van der Waals surface area contributed by atoms with Gasteiger partial charge in [0.1, 0.15) is 5.69 Å². The van der Waals surface area contributed by atoms with Crippen molar-refractivity contribution in [2.75, 3.05) is 13.6 Å². The van der Waals surface area contributed by atoms with Gasteiger partial charge in [0, 0.05) is 19.3 Å². The van der Waals surface area contributed by atoms with Crippen molar-refractivity contribution in [1.29, 1.82) is 0 Å². The van der Waals surface area contributed by atoms with E-state index in [1.165, 1.54) is 0 Å². The van der Waals surface area contributed by atoms with Gasteiger partial charge in [-0.3, -0.25) is 9.88 Å². The summed E-state index contributed by atoms with van der Waals surface area (Å²) in [6.07, 6.45) is 3.59. The molecule has 1 aromatic carbocycles. The molecule has 0 fully saturated rings. The molecule has 0 bridgehead atoms. The maximum absolute atomic E-state index is 5.34. The quantitative estimate of drug-likeness (QED) is 0.540.